The molecule has 1 aliphatic rings. The zero-order valence-electron chi connectivity index (χ0n) is 23.4. The van der Waals surface area contributed by atoms with Gasteiger partial charge in [0.1, 0.15) is 17.2 Å². The van der Waals surface area contributed by atoms with Crippen molar-refractivity contribution >= 4 is 11.8 Å². The van der Waals surface area contributed by atoms with E-state index in [0.29, 0.717) is 41.2 Å². The van der Waals surface area contributed by atoms with Crippen LogP contribution in [-0.4, -0.2) is 49.1 Å². The highest BCUT2D eigenvalue weighted by Crippen LogP contribution is 2.43. The summed E-state index contributed by atoms with van der Waals surface area (Å²) in [6.45, 7) is 4.35. The van der Waals surface area contributed by atoms with Crippen LogP contribution in [-0.2, 0) is 16.1 Å². The lowest BCUT2D eigenvalue weighted by molar-refractivity contribution is -0.274. The molecule has 0 saturated heterocycles. The second-order valence-corrected chi connectivity index (χ2v) is 9.56. The fourth-order valence-corrected chi connectivity index (χ4v) is 4.48. The van der Waals surface area contributed by atoms with Gasteiger partial charge in [0.15, 0.2) is 11.6 Å². The molecule has 0 bridgehead atoms. The summed E-state index contributed by atoms with van der Waals surface area (Å²) in [6.07, 6.45) is -3.43. The van der Waals surface area contributed by atoms with E-state index in [9.17, 15) is 18.0 Å². The Morgan fingerprint density at radius 1 is 1.09 bits per heavy atom. The van der Waals surface area contributed by atoms with E-state index in [1.807, 2.05) is 6.07 Å². The Balaban J connectivity index is 1.57. The SMILES string of the molecule is C=CC[C@]1(C(=O)NNCc2ccc(OC(F)(F)F)cc2)N=C(c2ccc(OCCCO)cc2)O[C@H]1c1cccc(OC)c1. The van der Waals surface area contributed by atoms with E-state index in [-0.39, 0.29) is 31.2 Å². The number of hydrazine groups is 1. The molecule has 0 spiro atoms. The molecule has 0 aliphatic carbocycles. The van der Waals surface area contributed by atoms with Crippen LogP contribution in [0.2, 0.25) is 0 Å². The van der Waals surface area contributed by atoms with E-state index < -0.39 is 23.9 Å². The fraction of sp³-hybridized carbons (Fsp3) is 0.290. The van der Waals surface area contributed by atoms with Crippen LogP contribution in [0.1, 0.15) is 35.6 Å². The molecule has 3 aromatic rings. The zero-order valence-corrected chi connectivity index (χ0v) is 23.4. The molecule has 3 aromatic carbocycles. The predicted octanol–water partition coefficient (Wildman–Crippen LogP) is 5.01. The highest BCUT2D eigenvalue weighted by atomic mass is 19.4. The first-order valence-corrected chi connectivity index (χ1v) is 13.4. The number of halogens is 3. The molecule has 0 radical (unpaired) electrons. The molecule has 9 nitrogen and oxygen atoms in total. The number of amides is 1. The van der Waals surface area contributed by atoms with Gasteiger partial charge in [0.05, 0.1) is 13.7 Å². The fourth-order valence-electron chi connectivity index (χ4n) is 4.48. The topological polar surface area (TPSA) is 111 Å². The quantitative estimate of drug-likeness (QED) is 0.136. The summed E-state index contributed by atoms with van der Waals surface area (Å²) in [7, 11) is 1.54. The molecular formula is C31H32F3N3O6. The van der Waals surface area contributed by atoms with Crippen molar-refractivity contribution in [2.75, 3.05) is 20.3 Å². The first-order chi connectivity index (χ1) is 20.7. The van der Waals surface area contributed by atoms with Gasteiger partial charge in [-0.15, -0.1) is 19.8 Å². The van der Waals surface area contributed by atoms with Crippen molar-refractivity contribution in [3.63, 3.8) is 0 Å². The van der Waals surface area contributed by atoms with Gasteiger partial charge >= 0.3 is 6.36 Å². The summed E-state index contributed by atoms with van der Waals surface area (Å²) in [5, 5.41) is 8.97. The van der Waals surface area contributed by atoms with E-state index in [1.54, 1.807) is 48.5 Å². The van der Waals surface area contributed by atoms with Crippen LogP contribution in [0.3, 0.4) is 0 Å². The number of carbonyl (C=O) groups excluding carboxylic acids is 1. The Morgan fingerprint density at radius 2 is 1.81 bits per heavy atom. The number of aliphatic hydroxyl groups excluding tert-OH is 1. The van der Waals surface area contributed by atoms with E-state index >= 15 is 0 Å². The van der Waals surface area contributed by atoms with E-state index in [1.165, 1.54) is 31.4 Å². The Hall–Kier alpha value is -4.55. The molecular weight excluding hydrogens is 567 g/mol. The maximum atomic E-state index is 13.8. The number of hydrogen-bond donors (Lipinski definition) is 3. The number of methoxy groups -OCH3 is 1. The number of ether oxygens (including phenoxy) is 4. The molecule has 4 rings (SSSR count). The van der Waals surface area contributed by atoms with Crippen molar-refractivity contribution in [3.8, 4) is 17.2 Å². The molecule has 1 amide bonds. The monoisotopic (exact) mass is 599 g/mol. The number of nitrogens with zero attached hydrogens (tertiary/aromatic N) is 1. The standard InChI is InChI=1S/C31H32F3N3O6/c1-3-16-30(29(39)37-35-20-21-8-12-25(13-9-21)43-31(32,33)34)27(23-6-4-7-26(19-23)40-2)42-28(36-30)22-10-14-24(15-11-22)41-18-5-17-38/h3-4,6-15,19,27,35,38H,1,5,16-18,20H2,2H3,(H,37,39)/t27-,30-/m0/s1. The van der Waals surface area contributed by atoms with Crippen LogP contribution in [0.4, 0.5) is 13.2 Å². The summed E-state index contributed by atoms with van der Waals surface area (Å²) in [5.74, 6) is 0.574. The number of aliphatic imine (C=N–C) groups is 1. The van der Waals surface area contributed by atoms with Crippen LogP contribution in [0.5, 0.6) is 17.2 Å². The van der Waals surface area contributed by atoms with Gasteiger partial charge in [0.25, 0.3) is 5.91 Å². The summed E-state index contributed by atoms with van der Waals surface area (Å²) in [5.41, 5.74) is 5.93. The number of alkyl halides is 3. The third kappa shape index (κ3) is 8.05. The molecule has 0 saturated carbocycles. The zero-order chi connectivity index (χ0) is 30.9. The van der Waals surface area contributed by atoms with Gasteiger partial charge < -0.3 is 24.1 Å². The highest BCUT2D eigenvalue weighted by molar-refractivity contribution is 6.01. The lowest BCUT2D eigenvalue weighted by Gasteiger charge is -2.29. The van der Waals surface area contributed by atoms with Crippen molar-refractivity contribution in [1.29, 1.82) is 0 Å². The van der Waals surface area contributed by atoms with Crippen LogP contribution in [0.15, 0.2) is 90.4 Å². The minimum absolute atomic E-state index is 0.0277. The van der Waals surface area contributed by atoms with Gasteiger partial charge in [-0.05, 0) is 59.7 Å². The van der Waals surface area contributed by atoms with Gasteiger partial charge in [-0.25, -0.2) is 10.4 Å². The van der Waals surface area contributed by atoms with E-state index in [2.05, 4.69) is 22.2 Å². The minimum Gasteiger partial charge on any atom is -0.497 e. The van der Waals surface area contributed by atoms with Crippen molar-refractivity contribution in [2.45, 2.75) is 37.4 Å². The largest absolute Gasteiger partial charge is 0.573 e. The van der Waals surface area contributed by atoms with Crippen LogP contribution in [0.25, 0.3) is 0 Å². The average molecular weight is 600 g/mol. The van der Waals surface area contributed by atoms with E-state index in [4.69, 9.17) is 24.3 Å². The third-order valence-corrected chi connectivity index (χ3v) is 6.53. The molecule has 3 N–H and O–H groups in total. The first kappa shape index (κ1) is 31.4. The summed E-state index contributed by atoms with van der Waals surface area (Å²) in [4.78, 5) is 18.7. The van der Waals surface area contributed by atoms with Crippen molar-refractivity contribution in [2.24, 2.45) is 4.99 Å². The van der Waals surface area contributed by atoms with E-state index in [0.717, 1.165) is 0 Å². The summed E-state index contributed by atoms with van der Waals surface area (Å²) in [6, 6.07) is 19.5. The second-order valence-electron chi connectivity index (χ2n) is 9.56. The number of nitrogens with one attached hydrogen (secondary N) is 2. The smallest absolute Gasteiger partial charge is 0.497 e. The molecule has 43 heavy (non-hydrogen) atoms. The number of hydrogen-bond acceptors (Lipinski definition) is 8. The maximum absolute atomic E-state index is 13.8. The highest BCUT2D eigenvalue weighted by Gasteiger charge is 2.52. The van der Waals surface area contributed by atoms with Crippen LogP contribution in [0, 0.1) is 0 Å². The van der Waals surface area contributed by atoms with Crippen molar-refractivity contribution < 1.29 is 42.0 Å². The van der Waals surface area contributed by atoms with Crippen LogP contribution >= 0.6 is 0 Å². The number of carbonyl (C=O) groups is 1. The molecule has 0 unspecified atom stereocenters. The molecule has 2 atom stereocenters. The normalized spacial score (nSPS) is 17.9. The Morgan fingerprint density at radius 3 is 2.47 bits per heavy atom. The molecule has 1 aliphatic heterocycles. The first-order valence-electron chi connectivity index (χ1n) is 13.4. The molecule has 0 aromatic heterocycles. The average Bonchev–Trinajstić information content (AvgIpc) is 3.38. The van der Waals surface area contributed by atoms with Gasteiger partial charge in [-0.3, -0.25) is 10.2 Å². The van der Waals surface area contributed by atoms with Crippen LogP contribution < -0.4 is 25.1 Å². The Labute approximate surface area is 246 Å². The third-order valence-electron chi connectivity index (χ3n) is 6.53. The molecule has 228 valence electrons. The number of rotatable bonds is 14. The molecule has 1 heterocycles. The Kier molecular flexibility index (Phi) is 10.3. The van der Waals surface area contributed by atoms with Gasteiger partial charge in [-0.2, -0.15) is 0 Å². The lowest BCUT2D eigenvalue weighted by atomic mass is 9.84. The molecule has 0 fully saturated rings. The van der Waals surface area contributed by atoms with Gasteiger partial charge in [0, 0.05) is 31.6 Å². The second kappa shape index (κ2) is 14.1. The number of benzene rings is 3. The predicted molar refractivity (Wildman–Crippen MR) is 153 cm³/mol. The van der Waals surface area contributed by atoms with Crippen molar-refractivity contribution in [3.05, 3.63) is 102 Å². The Bertz CT molecular complexity index is 1410. The summed E-state index contributed by atoms with van der Waals surface area (Å²) < 4.78 is 58.6. The summed E-state index contributed by atoms with van der Waals surface area (Å²) >= 11 is 0. The van der Waals surface area contributed by atoms with Gasteiger partial charge in [-0.1, -0.05) is 30.3 Å². The lowest BCUT2D eigenvalue weighted by Crippen LogP contribution is -2.52. The van der Waals surface area contributed by atoms with Gasteiger partial charge in [0.2, 0.25) is 5.90 Å². The maximum Gasteiger partial charge on any atom is 0.573 e. The minimum atomic E-state index is -4.79. The van der Waals surface area contributed by atoms with Crippen molar-refractivity contribution in [1.82, 2.24) is 10.9 Å². The molecule has 12 heteroatoms. The number of aliphatic hydroxyl groups is 1.